The van der Waals surface area contributed by atoms with Crippen molar-refractivity contribution in [1.82, 2.24) is 5.32 Å². The SMILES string of the molecule is CC1CSCC1N[C@@H]1CCC[C@@H]1CO. The number of hydrogen-bond acceptors (Lipinski definition) is 3. The lowest BCUT2D eigenvalue weighted by molar-refractivity contribution is 0.197. The molecule has 2 N–H and O–H groups in total. The smallest absolute Gasteiger partial charge is 0.0474 e. The third kappa shape index (κ3) is 2.26. The van der Waals surface area contributed by atoms with Crippen LogP contribution in [0.2, 0.25) is 0 Å². The van der Waals surface area contributed by atoms with E-state index in [1.807, 2.05) is 0 Å². The molecule has 2 unspecified atom stereocenters. The maximum atomic E-state index is 9.23. The van der Waals surface area contributed by atoms with E-state index in [2.05, 4.69) is 24.0 Å². The van der Waals surface area contributed by atoms with Crippen LogP contribution in [0.5, 0.6) is 0 Å². The van der Waals surface area contributed by atoms with E-state index in [0.29, 0.717) is 24.6 Å². The van der Waals surface area contributed by atoms with Crippen LogP contribution in [0.1, 0.15) is 26.2 Å². The van der Waals surface area contributed by atoms with Gasteiger partial charge in [-0.15, -0.1) is 0 Å². The normalized spacial score (nSPS) is 43.3. The van der Waals surface area contributed by atoms with E-state index in [1.165, 1.54) is 30.8 Å². The number of rotatable bonds is 3. The molecule has 2 aliphatic rings. The molecule has 2 rings (SSSR count). The van der Waals surface area contributed by atoms with Crippen molar-refractivity contribution in [1.29, 1.82) is 0 Å². The second kappa shape index (κ2) is 4.86. The van der Waals surface area contributed by atoms with Crippen molar-refractivity contribution in [3.63, 3.8) is 0 Å². The number of nitrogens with one attached hydrogen (secondary N) is 1. The van der Waals surface area contributed by atoms with Gasteiger partial charge in [-0.2, -0.15) is 11.8 Å². The van der Waals surface area contributed by atoms with Gasteiger partial charge < -0.3 is 10.4 Å². The topological polar surface area (TPSA) is 32.3 Å². The van der Waals surface area contributed by atoms with E-state index < -0.39 is 0 Å². The molecule has 0 radical (unpaired) electrons. The summed E-state index contributed by atoms with van der Waals surface area (Å²) in [7, 11) is 0. The average molecular weight is 215 g/mol. The Hall–Kier alpha value is 0.270. The molecule has 2 fully saturated rings. The standard InChI is InChI=1S/C11H21NOS/c1-8-6-14-7-11(8)12-10-4-2-3-9(10)5-13/h8-13H,2-7H2,1H3/t8?,9-,10-,11?/m1/s1. The maximum absolute atomic E-state index is 9.23. The lowest BCUT2D eigenvalue weighted by Crippen LogP contribution is -2.44. The summed E-state index contributed by atoms with van der Waals surface area (Å²) in [5, 5.41) is 13.0. The molecule has 1 saturated carbocycles. The van der Waals surface area contributed by atoms with Gasteiger partial charge in [-0.05, 0) is 30.4 Å². The van der Waals surface area contributed by atoms with Crippen LogP contribution in [0.4, 0.5) is 0 Å². The van der Waals surface area contributed by atoms with Gasteiger partial charge in [0, 0.05) is 24.4 Å². The molecular weight excluding hydrogens is 194 g/mol. The minimum Gasteiger partial charge on any atom is -0.396 e. The highest BCUT2D eigenvalue weighted by molar-refractivity contribution is 7.99. The predicted octanol–water partition coefficient (Wildman–Crippen LogP) is 1.49. The summed E-state index contributed by atoms with van der Waals surface area (Å²) < 4.78 is 0. The fourth-order valence-corrected chi connectivity index (χ4v) is 4.04. The molecule has 82 valence electrons. The Balaban J connectivity index is 1.83. The molecule has 0 spiro atoms. The Bertz CT molecular complexity index is 188. The van der Waals surface area contributed by atoms with Gasteiger partial charge in [-0.25, -0.2) is 0 Å². The molecule has 0 aromatic heterocycles. The molecule has 1 heterocycles. The lowest BCUT2D eigenvalue weighted by atomic mass is 10.0. The summed E-state index contributed by atoms with van der Waals surface area (Å²) in [6, 6.07) is 1.28. The summed E-state index contributed by atoms with van der Waals surface area (Å²) in [5.74, 6) is 3.89. The van der Waals surface area contributed by atoms with Crippen LogP contribution >= 0.6 is 11.8 Å². The quantitative estimate of drug-likeness (QED) is 0.748. The van der Waals surface area contributed by atoms with Crippen LogP contribution < -0.4 is 5.32 Å². The zero-order valence-electron chi connectivity index (χ0n) is 8.91. The van der Waals surface area contributed by atoms with Crippen LogP contribution in [-0.2, 0) is 0 Å². The highest BCUT2D eigenvalue weighted by atomic mass is 32.2. The van der Waals surface area contributed by atoms with Gasteiger partial charge >= 0.3 is 0 Å². The van der Waals surface area contributed by atoms with Crippen molar-refractivity contribution >= 4 is 11.8 Å². The van der Waals surface area contributed by atoms with E-state index in [4.69, 9.17) is 0 Å². The van der Waals surface area contributed by atoms with Gasteiger partial charge in [0.15, 0.2) is 0 Å². The lowest BCUT2D eigenvalue weighted by Gasteiger charge is -2.25. The third-order valence-electron chi connectivity index (χ3n) is 3.69. The second-order valence-corrected chi connectivity index (χ2v) is 5.84. The summed E-state index contributed by atoms with van der Waals surface area (Å²) in [6.45, 7) is 2.70. The number of aliphatic hydroxyl groups is 1. The third-order valence-corrected chi connectivity index (χ3v) is 5.04. The van der Waals surface area contributed by atoms with Crippen LogP contribution in [0, 0.1) is 11.8 Å². The molecule has 14 heavy (non-hydrogen) atoms. The maximum Gasteiger partial charge on any atom is 0.0474 e. The van der Waals surface area contributed by atoms with Crippen molar-refractivity contribution in [3.05, 3.63) is 0 Å². The highest BCUT2D eigenvalue weighted by Crippen LogP contribution is 2.29. The molecule has 3 heteroatoms. The Labute approximate surface area is 90.8 Å². The first-order chi connectivity index (χ1) is 6.81. The van der Waals surface area contributed by atoms with Gasteiger partial charge in [-0.1, -0.05) is 13.3 Å². The zero-order valence-corrected chi connectivity index (χ0v) is 9.72. The van der Waals surface area contributed by atoms with Crippen molar-refractivity contribution in [2.75, 3.05) is 18.1 Å². The molecule has 4 atom stereocenters. The first-order valence-electron chi connectivity index (χ1n) is 5.76. The molecule has 1 aliphatic heterocycles. The Morgan fingerprint density at radius 2 is 2.14 bits per heavy atom. The first kappa shape index (κ1) is 10.8. The van der Waals surface area contributed by atoms with Crippen molar-refractivity contribution in [2.45, 2.75) is 38.3 Å². The zero-order chi connectivity index (χ0) is 9.97. The summed E-state index contributed by atoms with van der Waals surface area (Å²) in [4.78, 5) is 0. The fraction of sp³-hybridized carbons (Fsp3) is 1.00. The molecule has 1 aliphatic carbocycles. The Morgan fingerprint density at radius 1 is 1.29 bits per heavy atom. The van der Waals surface area contributed by atoms with E-state index in [-0.39, 0.29) is 0 Å². The first-order valence-corrected chi connectivity index (χ1v) is 6.91. The van der Waals surface area contributed by atoms with Gasteiger partial charge in [0.2, 0.25) is 0 Å². The van der Waals surface area contributed by atoms with Crippen molar-refractivity contribution in [2.24, 2.45) is 11.8 Å². The average Bonchev–Trinajstić information content (AvgIpc) is 2.77. The molecule has 1 saturated heterocycles. The fourth-order valence-electron chi connectivity index (χ4n) is 2.62. The summed E-state index contributed by atoms with van der Waals surface area (Å²) >= 11 is 2.06. The van der Waals surface area contributed by atoms with Crippen LogP contribution in [0.25, 0.3) is 0 Å². The minimum atomic E-state index is 0.367. The minimum absolute atomic E-state index is 0.367. The molecule has 0 amide bonds. The number of hydrogen-bond donors (Lipinski definition) is 2. The molecule has 0 bridgehead atoms. The monoisotopic (exact) mass is 215 g/mol. The Kier molecular flexibility index (Phi) is 3.74. The van der Waals surface area contributed by atoms with Gasteiger partial charge in [0.25, 0.3) is 0 Å². The molecule has 0 aromatic carbocycles. The molecule has 0 aromatic rings. The van der Waals surface area contributed by atoms with E-state index in [9.17, 15) is 5.11 Å². The largest absolute Gasteiger partial charge is 0.396 e. The van der Waals surface area contributed by atoms with Crippen LogP contribution in [0.3, 0.4) is 0 Å². The number of thioether (sulfide) groups is 1. The van der Waals surface area contributed by atoms with Crippen LogP contribution in [-0.4, -0.2) is 35.3 Å². The van der Waals surface area contributed by atoms with Gasteiger partial charge in [0.05, 0.1) is 0 Å². The predicted molar refractivity (Wildman–Crippen MR) is 61.6 cm³/mol. The van der Waals surface area contributed by atoms with Crippen molar-refractivity contribution < 1.29 is 5.11 Å². The van der Waals surface area contributed by atoms with Crippen LogP contribution in [0.15, 0.2) is 0 Å². The van der Waals surface area contributed by atoms with E-state index >= 15 is 0 Å². The summed E-state index contributed by atoms with van der Waals surface area (Å²) in [5.41, 5.74) is 0. The van der Waals surface area contributed by atoms with Gasteiger partial charge in [-0.3, -0.25) is 0 Å². The van der Waals surface area contributed by atoms with E-state index in [1.54, 1.807) is 0 Å². The van der Waals surface area contributed by atoms with Crippen molar-refractivity contribution in [3.8, 4) is 0 Å². The molecule has 2 nitrogen and oxygen atoms in total. The van der Waals surface area contributed by atoms with Gasteiger partial charge in [0.1, 0.15) is 0 Å². The van der Waals surface area contributed by atoms with E-state index in [0.717, 1.165) is 5.92 Å². The summed E-state index contributed by atoms with van der Waals surface area (Å²) in [6.07, 6.45) is 3.76. The number of aliphatic hydroxyl groups excluding tert-OH is 1. The second-order valence-electron chi connectivity index (χ2n) is 4.77. The highest BCUT2D eigenvalue weighted by Gasteiger charge is 2.31. The molecular formula is C11H21NOS. The Morgan fingerprint density at radius 3 is 2.79 bits per heavy atom.